The highest BCUT2D eigenvalue weighted by Gasteiger charge is 2.33. The van der Waals surface area contributed by atoms with Gasteiger partial charge in [-0.15, -0.1) is 0 Å². The second kappa shape index (κ2) is 3.66. The van der Waals surface area contributed by atoms with Crippen molar-refractivity contribution in [2.24, 2.45) is 17.6 Å². The highest BCUT2D eigenvalue weighted by Crippen LogP contribution is 2.33. The van der Waals surface area contributed by atoms with E-state index in [2.05, 4.69) is 5.32 Å². The number of primary amides is 1. The zero-order chi connectivity index (χ0) is 9.26. The molecule has 2 rings (SSSR count). The van der Waals surface area contributed by atoms with Gasteiger partial charge in [0.1, 0.15) is 0 Å². The molecule has 1 heterocycles. The minimum absolute atomic E-state index is 0.0935. The third-order valence-electron chi connectivity index (χ3n) is 3.54. The van der Waals surface area contributed by atoms with Gasteiger partial charge in [0, 0.05) is 12.0 Å². The lowest BCUT2D eigenvalue weighted by Gasteiger charge is -2.38. The second-order valence-corrected chi connectivity index (χ2v) is 4.38. The van der Waals surface area contributed by atoms with Crippen LogP contribution in [0.15, 0.2) is 0 Å². The van der Waals surface area contributed by atoms with E-state index in [0.717, 1.165) is 25.8 Å². The van der Waals surface area contributed by atoms with E-state index in [4.69, 9.17) is 5.73 Å². The van der Waals surface area contributed by atoms with Crippen LogP contribution in [-0.2, 0) is 4.79 Å². The van der Waals surface area contributed by atoms with Crippen molar-refractivity contribution >= 4 is 5.91 Å². The number of carbonyl (C=O) groups is 1. The van der Waals surface area contributed by atoms with Crippen LogP contribution in [0.2, 0.25) is 0 Å². The summed E-state index contributed by atoms with van der Waals surface area (Å²) in [6.45, 7) is 1.16. The van der Waals surface area contributed by atoms with Gasteiger partial charge in [-0.2, -0.15) is 0 Å². The summed E-state index contributed by atoms with van der Waals surface area (Å²) < 4.78 is 0. The summed E-state index contributed by atoms with van der Waals surface area (Å²) in [7, 11) is 0. The zero-order valence-electron chi connectivity index (χ0n) is 7.96. The summed E-state index contributed by atoms with van der Waals surface area (Å²) in [5.41, 5.74) is 5.33. The maximum absolute atomic E-state index is 11.0. The second-order valence-electron chi connectivity index (χ2n) is 4.38. The smallest absolute Gasteiger partial charge is 0.220 e. The van der Waals surface area contributed by atoms with Gasteiger partial charge in [0.05, 0.1) is 0 Å². The Kier molecular flexibility index (Phi) is 2.54. The molecule has 0 aromatic carbocycles. The van der Waals surface area contributed by atoms with E-state index in [0.29, 0.717) is 12.0 Å². The fourth-order valence-corrected chi connectivity index (χ4v) is 2.76. The number of hydrogen-bond donors (Lipinski definition) is 2. The van der Waals surface area contributed by atoms with E-state index >= 15 is 0 Å². The lowest BCUT2D eigenvalue weighted by molar-refractivity contribution is -0.123. The van der Waals surface area contributed by atoms with Gasteiger partial charge in [-0.3, -0.25) is 4.79 Å². The lowest BCUT2D eigenvalue weighted by atomic mass is 9.74. The number of nitrogens with two attached hydrogens (primary N) is 1. The monoisotopic (exact) mass is 182 g/mol. The average molecular weight is 182 g/mol. The summed E-state index contributed by atoms with van der Waals surface area (Å²) in [5, 5.41) is 3.53. The highest BCUT2D eigenvalue weighted by molar-refractivity contribution is 5.76. The quantitative estimate of drug-likeness (QED) is 0.625. The summed E-state index contributed by atoms with van der Waals surface area (Å²) >= 11 is 0. The Labute approximate surface area is 79.1 Å². The molecule has 13 heavy (non-hydrogen) atoms. The SMILES string of the molecule is NC(=O)[C@@H]1CC[C@H]2NCCC[C@H]2C1. The number of fused-ring (bicyclic) bond motifs is 1. The molecule has 3 atom stereocenters. The molecule has 0 unspecified atom stereocenters. The van der Waals surface area contributed by atoms with Crippen LogP contribution in [0.25, 0.3) is 0 Å². The standard InChI is InChI=1S/C10H18N2O/c11-10(13)8-3-4-9-7(6-8)2-1-5-12-9/h7-9,12H,1-6H2,(H2,11,13)/t7-,8+,9+/m0/s1. The zero-order valence-corrected chi connectivity index (χ0v) is 7.96. The molecule has 0 bridgehead atoms. The first-order valence-corrected chi connectivity index (χ1v) is 5.30. The molecular weight excluding hydrogens is 164 g/mol. The van der Waals surface area contributed by atoms with Crippen molar-refractivity contribution in [3.8, 4) is 0 Å². The predicted molar refractivity (Wildman–Crippen MR) is 51.1 cm³/mol. The minimum Gasteiger partial charge on any atom is -0.369 e. The van der Waals surface area contributed by atoms with Gasteiger partial charge in [0.25, 0.3) is 0 Å². The normalized spacial score (nSPS) is 39.5. The van der Waals surface area contributed by atoms with Crippen LogP contribution in [0.3, 0.4) is 0 Å². The van der Waals surface area contributed by atoms with Crippen molar-refractivity contribution in [3.05, 3.63) is 0 Å². The van der Waals surface area contributed by atoms with Crippen LogP contribution in [-0.4, -0.2) is 18.5 Å². The Morgan fingerprint density at radius 3 is 2.92 bits per heavy atom. The van der Waals surface area contributed by atoms with Crippen molar-refractivity contribution in [2.45, 2.75) is 38.1 Å². The first kappa shape index (κ1) is 9.00. The molecule has 3 nitrogen and oxygen atoms in total. The lowest BCUT2D eigenvalue weighted by Crippen LogP contribution is -2.46. The molecule has 2 aliphatic rings. The van der Waals surface area contributed by atoms with Crippen LogP contribution < -0.4 is 11.1 Å². The van der Waals surface area contributed by atoms with Crippen LogP contribution in [0.1, 0.15) is 32.1 Å². The number of rotatable bonds is 1. The molecular formula is C10H18N2O. The number of amides is 1. The molecule has 0 radical (unpaired) electrons. The Hall–Kier alpha value is -0.570. The molecule has 1 saturated carbocycles. The maximum Gasteiger partial charge on any atom is 0.220 e. The molecule has 3 N–H and O–H groups in total. The Morgan fingerprint density at radius 2 is 2.15 bits per heavy atom. The van der Waals surface area contributed by atoms with Gasteiger partial charge >= 0.3 is 0 Å². The van der Waals surface area contributed by atoms with E-state index in [1.807, 2.05) is 0 Å². The fourth-order valence-electron chi connectivity index (χ4n) is 2.76. The number of nitrogens with one attached hydrogen (secondary N) is 1. The molecule has 74 valence electrons. The largest absolute Gasteiger partial charge is 0.369 e. The average Bonchev–Trinajstić information content (AvgIpc) is 2.17. The maximum atomic E-state index is 11.0. The topological polar surface area (TPSA) is 55.1 Å². The number of piperidine rings is 1. The molecule has 1 saturated heterocycles. The van der Waals surface area contributed by atoms with E-state index in [1.165, 1.54) is 12.8 Å². The van der Waals surface area contributed by atoms with Gasteiger partial charge in [0.2, 0.25) is 5.91 Å². The summed E-state index contributed by atoms with van der Waals surface area (Å²) in [6, 6.07) is 0.671. The summed E-state index contributed by atoms with van der Waals surface area (Å²) in [6.07, 6.45) is 5.68. The van der Waals surface area contributed by atoms with Crippen molar-refractivity contribution in [3.63, 3.8) is 0 Å². The van der Waals surface area contributed by atoms with Crippen LogP contribution >= 0.6 is 0 Å². The molecule has 3 heteroatoms. The first-order chi connectivity index (χ1) is 6.27. The van der Waals surface area contributed by atoms with Gasteiger partial charge < -0.3 is 11.1 Å². The number of carbonyl (C=O) groups excluding carboxylic acids is 1. The van der Waals surface area contributed by atoms with E-state index in [1.54, 1.807) is 0 Å². The van der Waals surface area contributed by atoms with Crippen molar-refractivity contribution < 1.29 is 4.79 Å². The van der Waals surface area contributed by atoms with Crippen LogP contribution in [0, 0.1) is 11.8 Å². The summed E-state index contributed by atoms with van der Waals surface area (Å²) in [4.78, 5) is 11.0. The van der Waals surface area contributed by atoms with Crippen molar-refractivity contribution in [2.75, 3.05) is 6.54 Å². The third-order valence-corrected chi connectivity index (χ3v) is 3.54. The van der Waals surface area contributed by atoms with Crippen molar-refractivity contribution in [1.29, 1.82) is 0 Å². The van der Waals surface area contributed by atoms with Gasteiger partial charge in [-0.1, -0.05) is 0 Å². The molecule has 0 aromatic heterocycles. The first-order valence-electron chi connectivity index (χ1n) is 5.30. The van der Waals surface area contributed by atoms with Crippen LogP contribution in [0.4, 0.5) is 0 Å². The molecule has 0 aromatic rings. The van der Waals surface area contributed by atoms with E-state index < -0.39 is 0 Å². The van der Waals surface area contributed by atoms with Gasteiger partial charge in [0.15, 0.2) is 0 Å². The number of hydrogen-bond acceptors (Lipinski definition) is 2. The Bertz CT molecular complexity index is 205. The van der Waals surface area contributed by atoms with Crippen LogP contribution in [0.5, 0.6) is 0 Å². The highest BCUT2D eigenvalue weighted by atomic mass is 16.1. The summed E-state index contributed by atoms with van der Waals surface area (Å²) in [5.74, 6) is 0.769. The Balaban J connectivity index is 1.95. The molecule has 0 spiro atoms. The van der Waals surface area contributed by atoms with Crippen molar-refractivity contribution in [1.82, 2.24) is 5.32 Å². The molecule has 1 amide bonds. The predicted octanol–water partition coefficient (Wildman–Crippen LogP) is 0.640. The Morgan fingerprint density at radius 1 is 1.31 bits per heavy atom. The fraction of sp³-hybridized carbons (Fsp3) is 0.900. The van der Waals surface area contributed by atoms with E-state index in [-0.39, 0.29) is 11.8 Å². The van der Waals surface area contributed by atoms with E-state index in [9.17, 15) is 4.79 Å². The van der Waals surface area contributed by atoms with Gasteiger partial charge in [-0.05, 0) is 44.6 Å². The molecule has 1 aliphatic carbocycles. The minimum atomic E-state index is -0.0935. The molecule has 1 aliphatic heterocycles. The third kappa shape index (κ3) is 1.85. The van der Waals surface area contributed by atoms with Gasteiger partial charge in [-0.25, -0.2) is 0 Å². The molecule has 2 fully saturated rings.